The van der Waals surface area contributed by atoms with E-state index in [1.807, 2.05) is 24.3 Å². The van der Waals surface area contributed by atoms with E-state index in [2.05, 4.69) is 5.32 Å². The lowest BCUT2D eigenvalue weighted by Gasteiger charge is -2.28. The highest BCUT2D eigenvalue weighted by Gasteiger charge is 2.36. The number of carbonyl (C=O) groups is 5. The number of esters is 2. The van der Waals surface area contributed by atoms with Crippen LogP contribution >= 0.6 is 11.8 Å². The van der Waals surface area contributed by atoms with Gasteiger partial charge in [0.25, 0.3) is 11.8 Å². The second kappa shape index (κ2) is 15.5. The molecule has 0 fully saturated rings. The first kappa shape index (κ1) is 34.2. The van der Waals surface area contributed by atoms with Gasteiger partial charge in [-0.25, -0.2) is 0 Å². The Morgan fingerprint density at radius 2 is 1.53 bits per heavy atom. The molecule has 1 N–H and O–H groups in total. The van der Waals surface area contributed by atoms with Gasteiger partial charge in [0, 0.05) is 17.2 Å². The zero-order valence-electron chi connectivity index (χ0n) is 26.5. The first-order valence-corrected chi connectivity index (χ1v) is 16.6. The van der Waals surface area contributed by atoms with Crippen LogP contribution in [0.4, 0.5) is 5.69 Å². The summed E-state index contributed by atoms with van der Waals surface area (Å²) in [7, 11) is 0. The number of hydrogen-bond acceptors (Lipinski definition) is 9. The fraction of sp³-hybridized carbons (Fsp3) is 0.500. The molecule has 4 rings (SSSR count). The van der Waals surface area contributed by atoms with Gasteiger partial charge in [0.2, 0.25) is 5.91 Å². The minimum atomic E-state index is -0.723. The fourth-order valence-corrected chi connectivity index (χ4v) is 6.57. The second-order valence-electron chi connectivity index (χ2n) is 12.2. The number of nitrogens with zero attached hydrogens (tertiary/aromatic N) is 2. The minimum Gasteiger partial charge on any atom is -0.465 e. The van der Waals surface area contributed by atoms with Gasteiger partial charge in [0.15, 0.2) is 0 Å². The maximum Gasteiger partial charge on any atom is 0.326 e. The second-order valence-corrected chi connectivity index (χ2v) is 13.2. The monoisotopic (exact) mass is 637 g/mol. The number of para-hydroxylation sites is 1. The number of anilines is 1. The average molecular weight is 638 g/mol. The number of hydrogen-bond donors (Lipinski definition) is 1. The number of thioether (sulfide) groups is 1. The first-order valence-electron chi connectivity index (χ1n) is 15.6. The minimum absolute atomic E-state index is 0.221. The fourth-order valence-electron chi connectivity index (χ4n) is 5.48. The summed E-state index contributed by atoms with van der Waals surface area (Å²) in [6.07, 6.45) is 4.44. The summed E-state index contributed by atoms with van der Waals surface area (Å²) in [6, 6.07) is 12.9. The molecule has 2 aliphatic rings. The predicted octanol–water partition coefficient (Wildman–Crippen LogP) is 4.99. The third kappa shape index (κ3) is 8.94. The molecule has 45 heavy (non-hydrogen) atoms. The molecule has 0 aromatic heterocycles. The number of benzene rings is 2. The Balaban J connectivity index is 1.31. The van der Waals surface area contributed by atoms with Crippen LogP contribution in [0.5, 0.6) is 0 Å². The molecule has 242 valence electrons. The van der Waals surface area contributed by atoms with E-state index in [4.69, 9.17) is 9.47 Å². The van der Waals surface area contributed by atoms with Crippen molar-refractivity contribution in [2.24, 2.45) is 0 Å². The van der Waals surface area contributed by atoms with Crippen molar-refractivity contribution >= 4 is 47.1 Å². The molecule has 0 spiro atoms. The molecule has 10 nitrogen and oxygen atoms in total. The highest BCUT2D eigenvalue weighted by molar-refractivity contribution is 7.99. The van der Waals surface area contributed by atoms with Crippen molar-refractivity contribution in [3.05, 3.63) is 59.7 Å². The van der Waals surface area contributed by atoms with E-state index < -0.39 is 29.6 Å². The number of ether oxygens (including phenoxy) is 2. The van der Waals surface area contributed by atoms with Crippen LogP contribution < -0.4 is 10.2 Å². The van der Waals surface area contributed by atoms with Crippen molar-refractivity contribution in [2.45, 2.75) is 88.8 Å². The van der Waals surface area contributed by atoms with E-state index in [0.717, 1.165) is 30.6 Å². The van der Waals surface area contributed by atoms with Crippen molar-refractivity contribution < 1.29 is 33.4 Å². The smallest absolute Gasteiger partial charge is 0.326 e. The van der Waals surface area contributed by atoms with E-state index in [-0.39, 0.29) is 30.9 Å². The van der Waals surface area contributed by atoms with Crippen LogP contribution in [0.25, 0.3) is 0 Å². The Kier molecular flexibility index (Phi) is 11.8. The molecule has 11 heteroatoms. The zero-order chi connectivity index (χ0) is 32.6. The largest absolute Gasteiger partial charge is 0.465 e. The summed E-state index contributed by atoms with van der Waals surface area (Å²) in [5, 5.41) is 3.25. The van der Waals surface area contributed by atoms with Crippen molar-refractivity contribution in [2.75, 3.05) is 30.3 Å². The predicted molar refractivity (Wildman–Crippen MR) is 172 cm³/mol. The van der Waals surface area contributed by atoms with Crippen molar-refractivity contribution in [3.63, 3.8) is 0 Å². The Bertz CT molecular complexity index is 1370. The normalized spacial score (nSPS) is 17.1. The highest BCUT2D eigenvalue weighted by atomic mass is 32.2. The quantitative estimate of drug-likeness (QED) is 0.173. The molecule has 3 amide bonds. The van der Waals surface area contributed by atoms with Crippen molar-refractivity contribution in [1.82, 2.24) is 10.2 Å². The highest BCUT2D eigenvalue weighted by Crippen LogP contribution is 2.34. The van der Waals surface area contributed by atoms with Gasteiger partial charge < -0.3 is 9.47 Å². The van der Waals surface area contributed by atoms with Crippen LogP contribution in [0.15, 0.2) is 53.4 Å². The Hall–Kier alpha value is -3.70. The Morgan fingerprint density at radius 1 is 0.911 bits per heavy atom. The van der Waals surface area contributed by atoms with Crippen LogP contribution in [0, 0.1) is 0 Å². The van der Waals surface area contributed by atoms with Gasteiger partial charge in [-0.1, -0.05) is 49.9 Å². The molecule has 2 aliphatic heterocycles. The van der Waals surface area contributed by atoms with Crippen LogP contribution in [-0.2, 0) is 23.9 Å². The number of rotatable bonds is 14. The molecule has 0 aliphatic carbocycles. The molecular formula is C34H43N3O7S. The van der Waals surface area contributed by atoms with E-state index in [1.165, 1.54) is 21.6 Å². The van der Waals surface area contributed by atoms with Crippen LogP contribution in [-0.4, -0.2) is 77.7 Å². The van der Waals surface area contributed by atoms with Gasteiger partial charge in [0.05, 0.1) is 29.5 Å². The number of amides is 3. The zero-order valence-corrected chi connectivity index (χ0v) is 27.3. The van der Waals surface area contributed by atoms with Gasteiger partial charge in [-0.05, 0) is 64.8 Å². The van der Waals surface area contributed by atoms with Crippen LogP contribution in [0.2, 0.25) is 0 Å². The molecule has 0 radical (unpaired) electrons. The topological polar surface area (TPSA) is 122 Å². The number of fused-ring (bicyclic) bond motifs is 2. The number of nitrogens with one attached hydrogen (secondary N) is 1. The lowest BCUT2D eigenvalue weighted by molar-refractivity contribution is -0.154. The molecule has 0 unspecified atom stereocenters. The van der Waals surface area contributed by atoms with Crippen molar-refractivity contribution in [3.8, 4) is 0 Å². The van der Waals surface area contributed by atoms with Gasteiger partial charge >= 0.3 is 11.9 Å². The van der Waals surface area contributed by atoms with Crippen molar-refractivity contribution in [1.29, 1.82) is 0 Å². The lowest BCUT2D eigenvalue weighted by atomic mass is 10.0. The standard InChI is InChI=1S/C34H43N3O7S/c1-5-43-33(42)25(17-9-7-6-8-14-20-36-30(39)23-15-10-11-16-24(23)31(36)40)35-26-22-45-28-19-13-12-18-27(28)37(32(26)41)21-29(38)44-34(2,3)4/h10-13,15-16,18-19,25-26,35H,5-9,14,17,20-22H2,1-4H3/t25-,26+/m1/s1. The average Bonchev–Trinajstić information content (AvgIpc) is 3.16. The van der Waals surface area contributed by atoms with E-state index >= 15 is 0 Å². The molecule has 2 atom stereocenters. The SMILES string of the molecule is CCOC(=O)[C@@H](CCCCCCCN1C(=O)c2ccccc2C1=O)N[C@H]1CSc2ccccc2N(CC(=O)OC(C)(C)C)C1=O. The number of unbranched alkanes of at least 4 members (excludes halogenated alkanes) is 4. The number of imide groups is 1. The molecule has 2 heterocycles. The van der Waals surface area contributed by atoms with Gasteiger partial charge in [-0.3, -0.25) is 39.1 Å². The molecule has 2 aromatic carbocycles. The summed E-state index contributed by atoms with van der Waals surface area (Å²) < 4.78 is 10.9. The maximum absolute atomic E-state index is 13.8. The lowest BCUT2D eigenvalue weighted by Crippen LogP contribution is -2.54. The van der Waals surface area contributed by atoms with Gasteiger partial charge in [-0.15, -0.1) is 11.8 Å². The summed E-state index contributed by atoms with van der Waals surface area (Å²) in [6.45, 7) is 7.44. The van der Waals surface area contributed by atoms with E-state index in [9.17, 15) is 24.0 Å². The van der Waals surface area contributed by atoms with E-state index in [1.54, 1.807) is 52.0 Å². The molecular weight excluding hydrogens is 594 g/mol. The summed E-state index contributed by atoms with van der Waals surface area (Å²) in [5.74, 6) is -1.33. The molecule has 2 aromatic rings. The summed E-state index contributed by atoms with van der Waals surface area (Å²) >= 11 is 1.50. The van der Waals surface area contributed by atoms with E-state index in [0.29, 0.717) is 42.0 Å². The summed E-state index contributed by atoms with van der Waals surface area (Å²) in [4.78, 5) is 68.3. The van der Waals surface area contributed by atoms with Crippen LogP contribution in [0.3, 0.4) is 0 Å². The molecule has 0 bridgehead atoms. The Labute approximate surface area is 269 Å². The molecule has 0 saturated carbocycles. The third-order valence-electron chi connectivity index (χ3n) is 7.56. The maximum atomic E-state index is 13.8. The molecule has 0 saturated heterocycles. The summed E-state index contributed by atoms with van der Waals surface area (Å²) in [5.41, 5.74) is 0.864. The van der Waals surface area contributed by atoms with Gasteiger partial charge in [-0.2, -0.15) is 0 Å². The Morgan fingerprint density at radius 3 is 2.20 bits per heavy atom. The third-order valence-corrected chi connectivity index (χ3v) is 8.72. The van der Waals surface area contributed by atoms with Gasteiger partial charge in [0.1, 0.15) is 18.2 Å². The first-order chi connectivity index (χ1) is 21.5. The number of carbonyl (C=O) groups excluding carboxylic acids is 5. The van der Waals surface area contributed by atoms with Crippen LogP contribution in [0.1, 0.15) is 86.9 Å².